The first-order chi connectivity index (χ1) is 13.8. The highest BCUT2D eigenvalue weighted by atomic mass is 16.5. The summed E-state index contributed by atoms with van der Waals surface area (Å²) >= 11 is 0. The molecule has 0 fully saturated rings. The fraction of sp³-hybridized carbons (Fsp3) is 0.200. The highest BCUT2D eigenvalue weighted by molar-refractivity contribution is 5.49. The number of hydrogen-bond acceptors (Lipinski definition) is 3. The average Bonchev–Trinajstić information content (AvgIpc) is 2.77. The van der Waals surface area contributed by atoms with E-state index in [1.807, 2.05) is 103 Å². The fourth-order valence-electron chi connectivity index (χ4n) is 2.85. The van der Waals surface area contributed by atoms with Gasteiger partial charge in [-0.25, -0.2) is 0 Å². The van der Waals surface area contributed by atoms with E-state index < -0.39 is 6.10 Å². The highest BCUT2D eigenvalue weighted by Crippen LogP contribution is 2.14. The summed E-state index contributed by atoms with van der Waals surface area (Å²) in [5, 5.41) is 9.93. The number of rotatable bonds is 10. The van der Waals surface area contributed by atoms with Crippen LogP contribution < -0.4 is 0 Å². The van der Waals surface area contributed by atoms with E-state index in [4.69, 9.17) is 9.47 Å². The molecule has 0 amide bonds. The topological polar surface area (TPSA) is 38.7 Å². The molecule has 3 aromatic rings. The molecule has 28 heavy (non-hydrogen) atoms. The Bertz CT molecular complexity index is 816. The SMILES string of the molecule is OC[C@@H](OCc1ccccc1)[C@H](/C=C\c1ccccc1)OCc1ccccc1. The largest absolute Gasteiger partial charge is 0.394 e. The standard InChI is InChI=1S/C25H26O3/c26-18-25(28-20-23-14-8-3-9-15-23)24(17-16-21-10-4-1-5-11-21)27-19-22-12-6-2-7-13-22/h1-17,24-26H,18-20H2/b17-16-/t24-,25+/m0/s1. The Labute approximate surface area is 166 Å². The van der Waals surface area contributed by atoms with E-state index in [1.54, 1.807) is 0 Å². The summed E-state index contributed by atoms with van der Waals surface area (Å²) in [6.45, 7) is 0.762. The van der Waals surface area contributed by atoms with Gasteiger partial charge in [-0.15, -0.1) is 0 Å². The molecule has 3 rings (SSSR count). The van der Waals surface area contributed by atoms with Gasteiger partial charge in [-0.1, -0.05) is 103 Å². The summed E-state index contributed by atoms with van der Waals surface area (Å²) in [5.74, 6) is 0. The Kier molecular flexibility index (Phi) is 8.01. The molecule has 0 radical (unpaired) electrons. The normalized spacial score (nSPS) is 13.5. The first kappa shape index (κ1) is 20.0. The van der Waals surface area contributed by atoms with Crippen LogP contribution in [0.1, 0.15) is 16.7 Å². The summed E-state index contributed by atoms with van der Waals surface area (Å²) in [6.07, 6.45) is 3.15. The number of ether oxygens (including phenoxy) is 2. The Balaban J connectivity index is 1.69. The Morgan fingerprint density at radius 1 is 0.679 bits per heavy atom. The van der Waals surface area contributed by atoms with E-state index in [0.29, 0.717) is 13.2 Å². The van der Waals surface area contributed by atoms with Gasteiger partial charge in [-0.3, -0.25) is 0 Å². The van der Waals surface area contributed by atoms with Gasteiger partial charge in [-0.05, 0) is 16.7 Å². The van der Waals surface area contributed by atoms with E-state index in [-0.39, 0.29) is 12.7 Å². The second-order valence-corrected chi connectivity index (χ2v) is 6.55. The van der Waals surface area contributed by atoms with Gasteiger partial charge in [0.15, 0.2) is 0 Å². The summed E-state index contributed by atoms with van der Waals surface area (Å²) in [4.78, 5) is 0. The quantitative estimate of drug-likeness (QED) is 0.551. The van der Waals surface area contributed by atoms with Gasteiger partial charge in [0.05, 0.1) is 19.8 Å². The Morgan fingerprint density at radius 3 is 1.71 bits per heavy atom. The van der Waals surface area contributed by atoms with Gasteiger partial charge in [-0.2, -0.15) is 0 Å². The van der Waals surface area contributed by atoms with Crippen molar-refractivity contribution >= 4 is 6.08 Å². The van der Waals surface area contributed by atoms with Gasteiger partial charge in [0.2, 0.25) is 0 Å². The third-order valence-electron chi connectivity index (χ3n) is 4.42. The van der Waals surface area contributed by atoms with Crippen LogP contribution in [0.3, 0.4) is 0 Å². The first-order valence-corrected chi connectivity index (χ1v) is 9.50. The maximum Gasteiger partial charge on any atom is 0.111 e. The van der Waals surface area contributed by atoms with Crippen molar-refractivity contribution in [2.24, 2.45) is 0 Å². The van der Waals surface area contributed by atoms with Crippen LogP contribution in [-0.4, -0.2) is 23.9 Å². The molecule has 0 unspecified atom stereocenters. The van der Waals surface area contributed by atoms with E-state index in [2.05, 4.69) is 0 Å². The van der Waals surface area contributed by atoms with Crippen LogP contribution in [0, 0.1) is 0 Å². The number of aliphatic hydroxyl groups excluding tert-OH is 1. The number of aliphatic hydroxyl groups is 1. The maximum atomic E-state index is 9.93. The molecule has 0 aliphatic heterocycles. The molecular formula is C25H26O3. The summed E-state index contributed by atoms with van der Waals surface area (Å²) in [6, 6.07) is 30.0. The minimum atomic E-state index is -0.455. The molecule has 0 aliphatic rings. The minimum absolute atomic E-state index is 0.120. The van der Waals surface area contributed by atoms with Crippen molar-refractivity contribution in [3.05, 3.63) is 114 Å². The van der Waals surface area contributed by atoms with Crippen molar-refractivity contribution in [2.45, 2.75) is 25.4 Å². The van der Waals surface area contributed by atoms with Crippen LogP contribution in [0.25, 0.3) is 6.08 Å². The van der Waals surface area contributed by atoms with E-state index in [1.165, 1.54) is 0 Å². The van der Waals surface area contributed by atoms with Crippen molar-refractivity contribution < 1.29 is 14.6 Å². The molecule has 0 spiro atoms. The molecule has 3 heteroatoms. The van der Waals surface area contributed by atoms with Crippen LogP contribution in [0.5, 0.6) is 0 Å². The monoisotopic (exact) mass is 374 g/mol. The van der Waals surface area contributed by atoms with Gasteiger partial charge in [0.1, 0.15) is 12.2 Å². The predicted molar refractivity (Wildman–Crippen MR) is 113 cm³/mol. The summed E-state index contributed by atoms with van der Waals surface area (Å²) in [7, 11) is 0. The molecule has 0 bridgehead atoms. The molecule has 0 saturated heterocycles. The van der Waals surface area contributed by atoms with Crippen molar-refractivity contribution in [3.63, 3.8) is 0 Å². The summed E-state index contributed by atoms with van der Waals surface area (Å²) < 4.78 is 12.1. The predicted octanol–water partition coefficient (Wildman–Crippen LogP) is 4.86. The van der Waals surface area contributed by atoms with Crippen LogP contribution in [-0.2, 0) is 22.7 Å². The zero-order valence-corrected chi connectivity index (χ0v) is 15.9. The lowest BCUT2D eigenvalue weighted by atomic mass is 10.1. The van der Waals surface area contributed by atoms with E-state index >= 15 is 0 Å². The lowest BCUT2D eigenvalue weighted by molar-refractivity contribution is -0.0844. The van der Waals surface area contributed by atoms with Crippen LogP contribution >= 0.6 is 0 Å². The van der Waals surface area contributed by atoms with Crippen molar-refractivity contribution in [1.82, 2.24) is 0 Å². The second-order valence-electron chi connectivity index (χ2n) is 6.55. The first-order valence-electron chi connectivity index (χ1n) is 9.50. The van der Waals surface area contributed by atoms with Crippen LogP contribution in [0.2, 0.25) is 0 Å². The molecule has 1 N–H and O–H groups in total. The van der Waals surface area contributed by atoms with Gasteiger partial charge >= 0.3 is 0 Å². The Hall–Kier alpha value is -2.72. The number of benzene rings is 3. The van der Waals surface area contributed by atoms with Crippen molar-refractivity contribution in [1.29, 1.82) is 0 Å². The molecule has 0 saturated carbocycles. The molecule has 0 heterocycles. The molecule has 2 atom stereocenters. The van der Waals surface area contributed by atoms with Crippen LogP contribution in [0.4, 0.5) is 0 Å². The van der Waals surface area contributed by atoms with Gasteiger partial charge in [0, 0.05) is 0 Å². The average molecular weight is 374 g/mol. The summed E-state index contributed by atoms with van der Waals surface area (Å²) in [5.41, 5.74) is 3.23. The van der Waals surface area contributed by atoms with Crippen molar-refractivity contribution in [3.8, 4) is 0 Å². The fourth-order valence-corrected chi connectivity index (χ4v) is 2.85. The van der Waals surface area contributed by atoms with E-state index in [0.717, 1.165) is 16.7 Å². The zero-order chi connectivity index (χ0) is 19.4. The van der Waals surface area contributed by atoms with Crippen molar-refractivity contribution in [2.75, 3.05) is 6.61 Å². The number of hydrogen-bond donors (Lipinski definition) is 1. The smallest absolute Gasteiger partial charge is 0.111 e. The van der Waals surface area contributed by atoms with Gasteiger partial charge in [0.25, 0.3) is 0 Å². The molecule has 0 aromatic heterocycles. The van der Waals surface area contributed by atoms with E-state index in [9.17, 15) is 5.11 Å². The molecule has 0 aliphatic carbocycles. The van der Waals surface area contributed by atoms with Gasteiger partial charge < -0.3 is 14.6 Å². The highest BCUT2D eigenvalue weighted by Gasteiger charge is 2.20. The molecule has 144 valence electrons. The lowest BCUT2D eigenvalue weighted by Gasteiger charge is -2.24. The molecule has 3 aromatic carbocycles. The molecule has 3 nitrogen and oxygen atoms in total. The van der Waals surface area contributed by atoms with Crippen LogP contribution in [0.15, 0.2) is 97.1 Å². The molecular weight excluding hydrogens is 348 g/mol. The lowest BCUT2D eigenvalue weighted by Crippen LogP contribution is -2.33. The second kappa shape index (κ2) is 11.2. The minimum Gasteiger partial charge on any atom is -0.394 e. The zero-order valence-electron chi connectivity index (χ0n) is 15.9. The maximum absolute atomic E-state index is 9.93. The third-order valence-corrected chi connectivity index (χ3v) is 4.42. The third kappa shape index (κ3) is 6.46. The Morgan fingerprint density at radius 2 is 1.18 bits per heavy atom.